The molecule has 2 N–H and O–H groups in total. The number of hydrogen-bond acceptors (Lipinski definition) is 4. The monoisotopic (exact) mass is 301 g/mol. The van der Waals surface area contributed by atoms with Crippen molar-refractivity contribution in [3.63, 3.8) is 0 Å². The predicted molar refractivity (Wildman–Crippen MR) is 78.4 cm³/mol. The molecule has 0 fully saturated rings. The molecule has 0 unspecified atom stereocenters. The van der Waals surface area contributed by atoms with E-state index in [2.05, 4.69) is 4.98 Å². The largest absolute Gasteiger partial charge is 0.481 e. The summed E-state index contributed by atoms with van der Waals surface area (Å²) in [5.74, 6) is -1.34. The predicted octanol–water partition coefficient (Wildman–Crippen LogP) is 2.76. The van der Waals surface area contributed by atoms with Crippen molar-refractivity contribution in [2.24, 2.45) is 0 Å². The van der Waals surface area contributed by atoms with Gasteiger partial charge in [-0.05, 0) is 36.2 Å². The maximum atomic E-state index is 11.0. The zero-order valence-electron chi connectivity index (χ0n) is 11.9. The van der Waals surface area contributed by atoms with E-state index in [9.17, 15) is 9.59 Å². The minimum Gasteiger partial charge on any atom is -0.481 e. The van der Waals surface area contributed by atoms with Crippen molar-refractivity contribution in [1.82, 2.24) is 4.98 Å². The maximum absolute atomic E-state index is 11.0. The number of rotatable bonds is 6. The lowest BCUT2D eigenvalue weighted by Crippen LogP contribution is -2.06. The second-order valence-corrected chi connectivity index (χ2v) is 4.61. The van der Waals surface area contributed by atoms with Crippen molar-refractivity contribution >= 4 is 11.9 Å². The Morgan fingerprint density at radius 3 is 2.64 bits per heavy atom. The lowest BCUT2D eigenvalue weighted by Gasteiger charge is -2.12. The van der Waals surface area contributed by atoms with E-state index < -0.39 is 11.9 Å². The molecule has 0 aliphatic rings. The van der Waals surface area contributed by atoms with Gasteiger partial charge >= 0.3 is 11.9 Å². The molecule has 0 saturated carbocycles. The topological polar surface area (TPSA) is 96.7 Å². The van der Waals surface area contributed by atoms with E-state index in [1.807, 2.05) is 6.92 Å². The second kappa shape index (κ2) is 6.71. The number of benzene rings is 1. The van der Waals surface area contributed by atoms with Gasteiger partial charge in [0.15, 0.2) is 0 Å². The molecule has 114 valence electrons. The third-order valence-corrected chi connectivity index (χ3v) is 3.10. The van der Waals surface area contributed by atoms with Crippen molar-refractivity contribution in [1.29, 1.82) is 0 Å². The molecule has 6 heteroatoms. The first kappa shape index (κ1) is 15.5. The molecule has 1 aromatic carbocycles. The highest BCUT2D eigenvalue weighted by Crippen LogP contribution is 2.27. The van der Waals surface area contributed by atoms with Crippen molar-refractivity contribution < 1.29 is 24.5 Å². The maximum Gasteiger partial charge on any atom is 0.335 e. The van der Waals surface area contributed by atoms with Crippen LogP contribution in [0.15, 0.2) is 36.5 Å². The van der Waals surface area contributed by atoms with Crippen molar-refractivity contribution in [3.05, 3.63) is 53.2 Å². The number of nitrogens with zero attached hydrogens (tertiary/aromatic N) is 1. The summed E-state index contributed by atoms with van der Waals surface area (Å²) in [5, 5.41) is 17.9. The van der Waals surface area contributed by atoms with Crippen LogP contribution in [0.2, 0.25) is 0 Å². The molecule has 0 saturated heterocycles. The molecule has 22 heavy (non-hydrogen) atoms. The summed E-state index contributed by atoms with van der Waals surface area (Å²) >= 11 is 0. The normalized spacial score (nSPS) is 10.2. The third kappa shape index (κ3) is 3.60. The molecule has 2 aromatic rings. The zero-order valence-corrected chi connectivity index (χ0v) is 11.9. The van der Waals surface area contributed by atoms with Gasteiger partial charge in [-0.25, -0.2) is 9.78 Å². The molecule has 0 radical (unpaired) electrons. The number of hydrogen-bond donors (Lipinski definition) is 2. The number of ether oxygens (including phenoxy) is 1. The Hall–Kier alpha value is -2.89. The summed E-state index contributed by atoms with van der Waals surface area (Å²) in [6.45, 7) is 1.88. The Morgan fingerprint density at radius 1 is 1.23 bits per heavy atom. The van der Waals surface area contributed by atoms with Crippen molar-refractivity contribution in [2.45, 2.75) is 19.8 Å². The van der Waals surface area contributed by atoms with Crippen LogP contribution in [0.4, 0.5) is 0 Å². The molecule has 0 amide bonds. The summed E-state index contributed by atoms with van der Waals surface area (Å²) in [4.78, 5) is 26.0. The first-order valence-corrected chi connectivity index (χ1v) is 6.71. The molecule has 0 bridgehead atoms. The van der Waals surface area contributed by atoms with Gasteiger partial charge in [0.2, 0.25) is 5.88 Å². The summed E-state index contributed by atoms with van der Waals surface area (Å²) in [6, 6.07) is 7.70. The Labute approximate surface area is 127 Å². The molecular weight excluding hydrogens is 286 g/mol. The fraction of sp³-hybridized carbons (Fsp3) is 0.188. The molecule has 2 rings (SSSR count). The van der Waals surface area contributed by atoms with Gasteiger partial charge in [-0.2, -0.15) is 0 Å². The van der Waals surface area contributed by atoms with Crippen LogP contribution < -0.4 is 4.74 Å². The number of aliphatic carboxylic acids is 1. The Kier molecular flexibility index (Phi) is 4.73. The van der Waals surface area contributed by atoms with E-state index in [0.29, 0.717) is 29.2 Å². The standard InChI is InChI=1S/C16H15NO5/c1-2-13-10(9-14(18)19)6-7-17-15(13)22-12-5-3-4-11(8-12)16(20)21/h3-8H,2,9H2,1H3,(H,18,19)(H,20,21). The first-order chi connectivity index (χ1) is 10.5. The average molecular weight is 301 g/mol. The lowest BCUT2D eigenvalue weighted by molar-refractivity contribution is -0.136. The van der Waals surface area contributed by atoms with Crippen molar-refractivity contribution in [3.8, 4) is 11.6 Å². The molecule has 1 aromatic heterocycles. The fourth-order valence-electron chi connectivity index (χ4n) is 2.11. The fourth-order valence-corrected chi connectivity index (χ4v) is 2.11. The summed E-state index contributed by atoms with van der Waals surface area (Å²) < 4.78 is 5.65. The molecule has 0 aliphatic carbocycles. The van der Waals surface area contributed by atoms with Crippen LogP contribution in [0.25, 0.3) is 0 Å². The highest BCUT2D eigenvalue weighted by molar-refractivity contribution is 5.88. The summed E-state index contributed by atoms with van der Waals surface area (Å²) in [6.07, 6.45) is 1.93. The van der Waals surface area contributed by atoms with Gasteiger partial charge in [0, 0.05) is 11.8 Å². The number of pyridine rings is 1. The van der Waals surface area contributed by atoms with E-state index in [1.165, 1.54) is 18.3 Å². The average Bonchev–Trinajstić information content (AvgIpc) is 2.47. The molecule has 0 spiro atoms. The van der Waals surface area contributed by atoms with E-state index in [1.54, 1.807) is 18.2 Å². The third-order valence-electron chi connectivity index (χ3n) is 3.10. The Morgan fingerprint density at radius 2 is 2.00 bits per heavy atom. The van der Waals surface area contributed by atoms with Crippen LogP contribution in [0.5, 0.6) is 11.6 Å². The van der Waals surface area contributed by atoms with Gasteiger partial charge in [-0.15, -0.1) is 0 Å². The zero-order chi connectivity index (χ0) is 16.1. The minimum absolute atomic E-state index is 0.109. The van der Waals surface area contributed by atoms with E-state index >= 15 is 0 Å². The number of carboxylic acid groups (broad SMARTS) is 2. The Bertz CT molecular complexity index is 711. The molecule has 6 nitrogen and oxygen atoms in total. The van der Waals surface area contributed by atoms with Crippen LogP contribution in [0.3, 0.4) is 0 Å². The number of aromatic nitrogens is 1. The lowest BCUT2D eigenvalue weighted by atomic mass is 10.0. The smallest absolute Gasteiger partial charge is 0.335 e. The molecule has 0 atom stereocenters. The van der Waals surface area contributed by atoms with Crippen LogP contribution >= 0.6 is 0 Å². The second-order valence-electron chi connectivity index (χ2n) is 4.61. The van der Waals surface area contributed by atoms with Gasteiger partial charge in [-0.1, -0.05) is 13.0 Å². The van der Waals surface area contributed by atoms with Gasteiger partial charge in [0.25, 0.3) is 0 Å². The summed E-state index contributed by atoms with van der Waals surface area (Å²) in [5.41, 5.74) is 1.44. The van der Waals surface area contributed by atoms with E-state index in [4.69, 9.17) is 14.9 Å². The van der Waals surface area contributed by atoms with Crippen LogP contribution in [0.1, 0.15) is 28.4 Å². The van der Waals surface area contributed by atoms with Gasteiger partial charge in [0.1, 0.15) is 5.75 Å². The highest BCUT2D eigenvalue weighted by atomic mass is 16.5. The Balaban J connectivity index is 2.35. The van der Waals surface area contributed by atoms with E-state index in [0.717, 1.165) is 0 Å². The van der Waals surface area contributed by atoms with Crippen LogP contribution in [-0.2, 0) is 17.6 Å². The van der Waals surface area contributed by atoms with Crippen molar-refractivity contribution in [2.75, 3.05) is 0 Å². The van der Waals surface area contributed by atoms with Gasteiger partial charge < -0.3 is 14.9 Å². The minimum atomic E-state index is -1.05. The quantitative estimate of drug-likeness (QED) is 0.851. The molecular formula is C16H15NO5. The summed E-state index contributed by atoms with van der Waals surface area (Å²) in [7, 11) is 0. The SMILES string of the molecule is CCc1c(CC(=O)O)ccnc1Oc1cccc(C(=O)O)c1. The molecule has 1 heterocycles. The number of aromatic carboxylic acids is 1. The van der Waals surface area contributed by atoms with Crippen LogP contribution in [-0.4, -0.2) is 27.1 Å². The van der Waals surface area contributed by atoms with Crippen LogP contribution in [0, 0.1) is 0 Å². The number of carboxylic acids is 2. The van der Waals surface area contributed by atoms with E-state index in [-0.39, 0.29) is 12.0 Å². The highest BCUT2D eigenvalue weighted by Gasteiger charge is 2.13. The van der Waals surface area contributed by atoms with Gasteiger partial charge in [-0.3, -0.25) is 4.79 Å². The number of carbonyl (C=O) groups is 2. The van der Waals surface area contributed by atoms with Gasteiger partial charge in [0.05, 0.1) is 12.0 Å². The molecule has 0 aliphatic heterocycles. The first-order valence-electron chi connectivity index (χ1n) is 6.71.